The normalized spacial score (nSPS) is 21.4. The van der Waals surface area contributed by atoms with Gasteiger partial charge in [-0.05, 0) is 17.7 Å². The number of aromatic nitrogens is 2. The van der Waals surface area contributed by atoms with E-state index in [1.165, 1.54) is 41.4 Å². The van der Waals surface area contributed by atoms with Gasteiger partial charge >= 0.3 is 6.16 Å². The number of hydrogen-bond acceptors (Lipinski definition) is 5. The molecule has 1 aromatic carbocycles. The van der Waals surface area contributed by atoms with Gasteiger partial charge < -0.3 is 14.4 Å². The number of rotatable bonds is 4. The summed E-state index contributed by atoms with van der Waals surface area (Å²) in [5.74, 6) is -0.967. The molecule has 0 spiro atoms. The van der Waals surface area contributed by atoms with Crippen LogP contribution < -0.4 is 0 Å². The Morgan fingerprint density at radius 3 is 2.56 bits per heavy atom. The van der Waals surface area contributed by atoms with Crippen LogP contribution in [0, 0.1) is 5.82 Å². The first kappa shape index (κ1) is 17.4. The zero-order chi connectivity index (χ0) is 18.2. The van der Waals surface area contributed by atoms with Crippen molar-refractivity contribution in [1.29, 1.82) is 0 Å². The van der Waals surface area contributed by atoms with Crippen LogP contribution in [-0.2, 0) is 21.8 Å². The number of nitrogens with zero attached hydrogens (tertiary/aromatic N) is 3. The van der Waals surface area contributed by atoms with E-state index in [0.29, 0.717) is 5.56 Å². The van der Waals surface area contributed by atoms with E-state index >= 15 is 0 Å². The highest BCUT2D eigenvalue weighted by atomic mass is 32.2. The largest absolute Gasteiger partial charge is 0.506 e. The van der Waals surface area contributed by atoms with Crippen LogP contribution >= 0.6 is 0 Å². The molecule has 134 valence electrons. The Labute approximate surface area is 143 Å². The van der Waals surface area contributed by atoms with Crippen LogP contribution in [0.15, 0.2) is 41.8 Å². The Morgan fingerprint density at radius 1 is 1.32 bits per heavy atom. The number of halogens is 1. The molecule has 1 fully saturated rings. The van der Waals surface area contributed by atoms with Crippen molar-refractivity contribution in [2.75, 3.05) is 13.1 Å². The summed E-state index contributed by atoms with van der Waals surface area (Å²) in [4.78, 5) is 14.8. The SMILES string of the molecule is Cn1cnc(S(=O)(=O)N2C[C@@H](OC(=O)O)[C@H](c3ccc(F)cc3)C2)c1. The molecule has 2 atom stereocenters. The minimum absolute atomic E-state index is 0.0164. The molecular formula is C15H16FN3O5S. The first-order valence-electron chi connectivity index (χ1n) is 7.40. The van der Waals surface area contributed by atoms with Gasteiger partial charge in [0.2, 0.25) is 0 Å². The predicted octanol–water partition coefficient (Wildman–Crippen LogP) is 1.41. The minimum Gasteiger partial charge on any atom is -0.450 e. The summed E-state index contributed by atoms with van der Waals surface area (Å²) in [5.41, 5.74) is 0.603. The summed E-state index contributed by atoms with van der Waals surface area (Å²) in [6.45, 7) is -0.115. The summed E-state index contributed by atoms with van der Waals surface area (Å²) < 4.78 is 46.0. The molecule has 0 amide bonds. The van der Waals surface area contributed by atoms with E-state index in [1.54, 1.807) is 7.05 Å². The monoisotopic (exact) mass is 369 g/mol. The first-order chi connectivity index (χ1) is 11.8. The molecule has 1 aliphatic heterocycles. The number of sulfonamides is 1. The van der Waals surface area contributed by atoms with Crippen molar-refractivity contribution < 1.29 is 27.4 Å². The Bertz CT molecular complexity index is 881. The van der Waals surface area contributed by atoms with Crippen molar-refractivity contribution in [3.63, 3.8) is 0 Å². The molecule has 3 rings (SSSR count). The summed E-state index contributed by atoms with van der Waals surface area (Å²) >= 11 is 0. The highest BCUT2D eigenvalue weighted by molar-refractivity contribution is 7.89. The number of ether oxygens (including phenoxy) is 1. The molecule has 1 aliphatic rings. The summed E-state index contributed by atoms with van der Waals surface area (Å²) in [5, 5.41) is 8.80. The van der Waals surface area contributed by atoms with E-state index in [0.717, 1.165) is 4.31 Å². The minimum atomic E-state index is -3.88. The van der Waals surface area contributed by atoms with Gasteiger partial charge in [-0.2, -0.15) is 4.31 Å². The fraction of sp³-hybridized carbons (Fsp3) is 0.333. The second-order valence-electron chi connectivity index (χ2n) is 5.78. The highest BCUT2D eigenvalue weighted by Gasteiger charge is 2.43. The maximum Gasteiger partial charge on any atom is 0.506 e. The Hall–Kier alpha value is -2.46. The summed E-state index contributed by atoms with van der Waals surface area (Å²) in [6, 6.07) is 5.47. The Kier molecular flexibility index (Phi) is 4.48. The predicted molar refractivity (Wildman–Crippen MR) is 84.0 cm³/mol. The average molecular weight is 369 g/mol. The van der Waals surface area contributed by atoms with E-state index in [1.807, 2.05) is 0 Å². The van der Waals surface area contributed by atoms with Crippen LogP contribution in [0.5, 0.6) is 0 Å². The van der Waals surface area contributed by atoms with E-state index < -0.39 is 34.0 Å². The molecule has 2 heterocycles. The Morgan fingerprint density at radius 2 is 2.00 bits per heavy atom. The lowest BCUT2D eigenvalue weighted by Gasteiger charge is -2.17. The molecule has 0 saturated carbocycles. The van der Waals surface area contributed by atoms with Crippen LogP contribution in [-0.4, -0.2) is 52.7 Å². The lowest BCUT2D eigenvalue weighted by atomic mass is 9.96. The molecule has 1 aromatic heterocycles. The van der Waals surface area contributed by atoms with Gasteiger partial charge in [-0.25, -0.2) is 22.6 Å². The Balaban J connectivity index is 1.91. The molecule has 1 saturated heterocycles. The molecular weight excluding hydrogens is 353 g/mol. The van der Waals surface area contributed by atoms with Gasteiger partial charge in [0, 0.05) is 25.7 Å². The highest BCUT2D eigenvalue weighted by Crippen LogP contribution is 2.33. The zero-order valence-electron chi connectivity index (χ0n) is 13.2. The van der Waals surface area contributed by atoms with Crippen LogP contribution in [0.4, 0.5) is 9.18 Å². The van der Waals surface area contributed by atoms with Crippen LogP contribution in [0.25, 0.3) is 0 Å². The number of carbonyl (C=O) groups is 1. The molecule has 0 unspecified atom stereocenters. The number of aryl methyl sites for hydroxylation is 1. The lowest BCUT2D eigenvalue weighted by Crippen LogP contribution is -2.31. The summed E-state index contributed by atoms with van der Waals surface area (Å²) in [7, 11) is -2.23. The number of carboxylic acid groups (broad SMARTS) is 1. The van der Waals surface area contributed by atoms with E-state index in [9.17, 15) is 17.6 Å². The topological polar surface area (TPSA) is 102 Å². The number of benzene rings is 1. The number of hydrogen-bond donors (Lipinski definition) is 1. The molecule has 0 bridgehead atoms. The second-order valence-corrected chi connectivity index (χ2v) is 7.66. The van der Waals surface area contributed by atoms with Crippen molar-refractivity contribution in [2.24, 2.45) is 7.05 Å². The van der Waals surface area contributed by atoms with Gasteiger partial charge in [0.1, 0.15) is 11.9 Å². The first-order valence-corrected chi connectivity index (χ1v) is 8.84. The standard InChI is InChI=1S/C15H16FN3O5S/c1-18-8-14(17-9-18)25(22,23)19-6-12(13(7-19)24-15(20)21)10-2-4-11(16)5-3-10/h2-5,8-9,12-13H,6-7H2,1H3,(H,20,21)/t12-,13+/m0/s1. The quantitative estimate of drug-likeness (QED) is 0.818. The van der Waals surface area contributed by atoms with E-state index in [2.05, 4.69) is 4.98 Å². The van der Waals surface area contributed by atoms with Gasteiger partial charge in [-0.15, -0.1) is 0 Å². The maximum atomic E-state index is 13.1. The number of imidazole rings is 1. The molecule has 1 N–H and O–H groups in total. The fourth-order valence-electron chi connectivity index (χ4n) is 2.87. The average Bonchev–Trinajstić information content (AvgIpc) is 3.15. The molecule has 25 heavy (non-hydrogen) atoms. The molecule has 2 aromatic rings. The second kappa shape index (κ2) is 6.45. The van der Waals surface area contributed by atoms with Crippen LogP contribution in [0.1, 0.15) is 11.5 Å². The third-order valence-corrected chi connectivity index (χ3v) is 5.79. The molecule has 0 aliphatic carbocycles. The van der Waals surface area contributed by atoms with Crippen molar-refractivity contribution in [1.82, 2.24) is 13.9 Å². The lowest BCUT2D eigenvalue weighted by molar-refractivity contribution is 0.0515. The van der Waals surface area contributed by atoms with Gasteiger partial charge in [0.15, 0.2) is 5.03 Å². The van der Waals surface area contributed by atoms with E-state index in [4.69, 9.17) is 9.84 Å². The fourth-order valence-corrected chi connectivity index (χ4v) is 4.31. The third-order valence-electron chi connectivity index (χ3n) is 4.07. The van der Waals surface area contributed by atoms with Gasteiger partial charge in [-0.3, -0.25) is 0 Å². The smallest absolute Gasteiger partial charge is 0.450 e. The van der Waals surface area contributed by atoms with Crippen LogP contribution in [0.2, 0.25) is 0 Å². The molecule has 10 heteroatoms. The van der Waals surface area contributed by atoms with Gasteiger partial charge in [0.25, 0.3) is 10.0 Å². The summed E-state index contributed by atoms with van der Waals surface area (Å²) in [6.07, 6.45) is 0.356. The maximum absolute atomic E-state index is 13.1. The molecule has 0 radical (unpaired) electrons. The van der Waals surface area contributed by atoms with Crippen LogP contribution in [0.3, 0.4) is 0 Å². The van der Waals surface area contributed by atoms with Gasteiger partial charge in [-0.1, -0.05) is 12.1 Å². The van der Waals surface area contributed by atoms with Crippen molar-refractivity contribution in [2.45, 2.75) is 17.0 Å². The zero-order valence-corrected chi connectivity index (χ0v) is 14.1. The third kappa shape index (κ3) is 3.49. The van der Waals surface area contributed by atoms with Gasteiger partial charge in [0.05, 0.1) is 12.9 Å². The molecule has 8 nitrogen and oxygen atoms in total. The van der Waals surface area contributed by atoms with Crippen molar-refractivity contribution >= 4 is 16.2 Å². The van der Waals surface area contributed by atoms with E-state index in [-0.39, 0.29) is 18.1 Å². The van der Waals surface area contributed by atoms with Crippen molar-refractivity contribution in [3.8, 4) is 0 Å². The van der Waals surface area contributed by atoms with Crippen molar-refractivity contribution in [3.05, 3.63) is 48.2 Å².